The predicted octanol–water partition coefficient (Wildman–Crippen LogP) is 5.16. The summed E-state index contributed by atoms with van der Waals surface area (Å²) in [5, 5.41) is 3.58. The van der Waals surface area contributed by atoms with E-state index < -0.39 is 0 Å². The zero-order valence-corrected chi connectivity index (χ0v) is 16.7. The van der Waals surface area contributed by atoms with E-state index >= 15 is 0 Å². The van der Waals surface area contributed by atoms with E-state index in [9.17, 15) is 9.59 Å². The van der Waals surface area contributed by atoms with Crippen LogP contribution in [0.25, 0.3) is 0 Å². The summed E-state index contributed by atoms with van der Waals surface area (Å²) in [6.45, 7) is 6.41. The van der Waals surface area contributed by atoms with E-state index in [1.807, 2.05) is 26.8 Å². The van der Waals surface area contributed by atoms with Gasteiger partial charge >= 0.3 is 0 Å². The monoisotopic (exact) mass is 398 g/mol. The number of rotatable bonds is 6. The van der Waals surface area contributed by atoms with E-state index in [4.69, 9.17) is 23.2 Å². The number of nitrogens with one attached hydrogen (secondary N) is 1. The minimum atomic E-state index is -0.295. The zero-order valence-electron chi connectivity index (χ0n) is 14.4. The molecule has 0 saturated heterocycles. The fraction of sp³-hybridized carbons (Fsp3) is 0.333. The molecule has 0 aliphatic carbocycles. The summed E-state index contributed by atoms with van der Waals surface area (Å²) in [6.07, 6.45) is 0.768. The lowest BCUT2D eigenvalue weighted by Crippen LogP contribution is -2.38. The number of aryl methyl sites for hydroxylation is 2. The van der Waals surface area contributed by atoms with Gasteiger partial charge in [0, 0.05) is 16.4 Å². The number of benzene rings is 1. The Morgan fingerprint density at radius 1 is 1.20 bits per heavy atom. The number of hydrogen-bond donors (Lipinski definition) is 1. The fourth-order valence-corrected chi connectivity index (χ4v) is 3.77. The van der Waals surface area contributed by atoms with E-state index in [-0.39, 0.29) is 18.4 Å². The molecule has 0 aliphatic heterocycles. The van der Waals surface area contributed by atoms with Gasteiger partial charge in [0.1, 0.15) is 6.54 Å². The zero-order chi connectivity index (χ0) is 18.6. The average molecular weight is 399 g/mol. The van der Waals surface area contributed by atoms with Gasteiger partial charge in [0.2, 0.25) is 5.91 Å². The molecule has 25 heavy (non-hydrogen) atoms. The van der Waals surface area contributed by atoms with Gasteiger partial charge < -0.3 is 10.2 Å². The standard InChI is InChI=1S/C18H20Cl2N2O2S/c1-4-7-22(18(24)16-8-11(2)12(3)25-16)10-17(23)21-15-6-5-13(19)9-14(15)20/h5-6,8-9H,4,7,10H2,1-3H3,(H,21,23). The Morgan fingerprint density at radius 2 is 1.92 bits per heavy atom. The summed E-state index contributed by atoms with van der Waals surface area (Å²) in [7, 11) is 0. The van der Waals surface area contributed by atoms with Crippen LogP contribution in [0.15, 0.2) is 24.3 Å². The summed E-state index contributed by atoms with van der Waals surface area (Å²) in [6, 6.07) is 6.72. The predicted molar refractivity (Wildman–Crippen MR) is 105 cm³/mol. The number of thiophene rings is 1. The van der Waals surface area contributed by atoms with E-state index in [1.165, 1.54) is 11.3 Å². The van der Waals surface area contributed by atoms with Crippen molar-refractivity contribution in [2.24, 2.45) is 0 Å². The highest BCUT2D eigenvalue weighted by molar-refractivity contribution is 7.14. The lowest BCUT2D eigenvalue weighted by molar-refractivity contribution is -0.116. The van der Waals surface area contributed by atoms with Gasteiger partial charge in [-0.25, -0.2) is 0 Å². The van der Waals surface area contributed by atoms with Gasteiger partial charge in [0.25, 0.3) is 5.91 Å². The average Bonchev–Trinajstić information content (AvgIpc) is 2.88. The molecule has 0 aliphatic rings. The van der Waals surface area contributed by atoms with Crippen LogP contribution >= 0.6 is 34.5 Å². The Hall–Kier alpha value is -1.56. The Bertz CT molecular complexity index is 770. The molecule has 2 amide bonds. The first-order valence-corrected chi connectivity index (χ1v) is 9.50. The number of hydrogen-bond acceptors (Lipinski definition) is 3. The maximum absolute atomic E-state index is 12.7. The second kappa shape index (κ2) is 8.70. The Labute approximate surface area is 161 Å². The van der Waals surface area contributed by atoms with Gasteiger partial charge in [-0.1, -0.05) is 30.1 Å². The second-order valence-corrected chi connectivity index (χ2v) is 7.85. The quantitative estimate of drug-likeness (QED) is 0.729. The van der Waals surface area contributed by atoms with Gasteiger partial charge in [0.05, 0.1) is 15.6 Å². The number of amides is 2. The number of nitrogens with zero attached hydrogens (tertiary/aromatic N) is 1. The molecule has 4 nitrogen and oxygen atoms in total. The van der Waals surface area contributed by atoms with Crippen LogP contribution in [0.1, 0.15) is 33.5 Å². The van der Waals surface area contributed by atoms with Gasteiger partial charge in [-0.05, 0) is 50.1 Å². The molecule has 1 heterocycles. The molecule has 134 valence electrons. The summed E-state index contributed by atoms with van der Waals surface area (Å²) < 4.78 is 0. The van der Waals surface area contributed by atoms with Crippen LogP contribution in [-0.4, -0.2) is 29.8 Å². The molecule has 2 rings (SSSR count). The maximum atomic E-state index is 12.7. The molecule has 7 heteroatoms. The van der Waals surface area contributed by atoms with Crippen molar-refractivity contribution in [3.05, 3.63) is 49.6 Å². The molecule has 1 aromatic carbocycles. The van der Waals surface area contributed by atoms with Crippen LogP contribution < -0.4 is 5.32 Å². The number of carbonyl (C=O) groups is 2. The minimum absolute atomic E-state index is 0.0262. The van der Waals surface area contributed by atoms with Crippen molar-refractivity contribution in [3.8, 4) is 0 Å². The molecule has 0 unspecified atom stereocenters. The van der Waals surface area contributed by atoms with Gasteiger partial charge in [-0.2, -0.15) is 0 Å². The second-order valence-electron chi connectivity index (χ2n) is 5.75. The van der Waals surface area contributed by atoms with Crippen molar-refractivity contribution in [1.82, 2.24) is 4.90 Å². The van der Waals surface area contributed by atoms with Gasteiger partial charge in [0.15, 0.2) is 0 Å². The van der Waals surface area contributed by atoms with E-state index in [1.54, 1.807) is 23.1 Å². The first-order valence-electron chi connectivity index (χ1n) is 7.93. The highest BCUT2D eigenvalue weighted by Crippen LogP contribution is 2.25. The molecule has 0 atom stereocenters. The van der Waals surface area contributed by atoms with Gasteiger partial charge in [-0.3, -0.25) is 9.59 Å². The van der Waals surface area contributed by atoms with Crippen LogP contribution in [0.4, 0.5) is 5.69 Å². The fourth-order valence-electron chi connectivity index (χ4n) is 2.31. The maximum Gasteiger partial charge on any atom is 0.264 e. The van der Waals surface area contributed by atoms with Crippen molar-refractivity contribution in [3.63, 3.8) is 0 Å². The molecule has 2 aromatic rings. The molecular weight excluding hydrogens is 379 g/mol. The summed E-state index contributed by atoms with van der Waals surface area (Å²) in [5.41, 5.74) is 1.56. The smallest absolute Gasteiger partial charge is 0.264 e. The minimum Gasteiger partial charge on any atom is -0.329 e. The summed E-state index contributed by atoms with van der Waals surface area (Å²) in [5.74, 6) is -0.420. The topological polar surface area (TPSA) is 49.4 Å². The number of anilines is 1. The van der Waals surface area contributed by atoms with Crippen LogP contribution in [-0.2, 0) is 4.79 Å². The molecule has 0 saturated carbocycles. The van der Waals surface area contributed by atoms with Crippen LogP contribution in [0.3, 0.4) is 0 Å². The highest BCUT2D eigenvalue weighted by Gasteiger charge is 2.20. The largest absolute Gasteiger partial charge is 0.329 e. The number of carbonyl (C=O) groups excluding carboxylic acids is 2. The molecule has 0 spiro atoms. The lowest BCUT2D eigenvalue weighted by Gasteiger charge is -2.21. The van der Waals surface area contributed by atoms with Crippen LogP contribution in [0.2, 0.25) is 10.0 Å². The molecule has 0 bridgehead atoms. The van der Waals surface area contributed by atoms with Crippen molar-refractivity contribution in [2.45, 2.75) is 27.2 Å². The van der Waals surface area contributed by atoms with Crippen molar-refractivity contribution < 1.29 is 9.59 Å². The normalized spacial score (nSPS) is 10.6. The summed E-state index contributed by atoms with van der Waals surface area (Å²) in [4.78, 5) is 28.4. The van der Waals surface area contributed by atoms with E-state index in [0.717, 1.165) is 16.9 Å². The Balaban J connectivity index is 2.09. The van der Waals surface area contributed by atoms with E-state index in [2.05, 4.69) is 5.32 Å². The van der Waals surface area contributed by atoms with Crippen LogP contribution in [0, 0.1) is 13.8 Å². The first kappa shape index (κ1) is 19.8. The Kier molecular flexibility index (Phi) is 6.87. The van der Waals surface area contributed by atoms with E-state index in [0.29, 0.717) is 27.2 Å². The highest BCUT2D eigenvalue weighted by atomic mass is 35.5. The Morgan fingerprint density at radius 3 is 2.48 bits per heavy atom. The lowest BCUT2D eigenvalue weighted by atomic mass is 10.2. The third kappa shape index (κ3) is 5.21. The van der Waals surface area contributed by atoms with Crippen molar-refractivity contribution in [2.75, 3.05) is 18.4 Å². The summed E-state index contributed by atoms with van der Waals surface area (Å²) >= 11 is 13.4. The third-order valence-electron chi connectivity index (χ3n) is 3.70. The molecule has 1 N–H and O–H groups in total. The molecule has 1 aromatic heterocycles. The molecule has 0 radical (unpaired) electrons. The van der Waals surface area contributed by atoms with Gasteiger partial charge in [-0.15, -0.1) is 11.3 Å². The first-order chi connectivity index (χ1) is 11.8. The van der Waals surface area contributed by atoms with Crippen molar-refractivity contribution >= 4 is 52.0 Å². The SMILES string of the molecule is CCCN(CC(=O)Nc1ccc(Cl)cc1Cl)C(=O)c1cc(C)c(C)s1. The third-order valence-corrected chi connectivity index (χ3v) is 5.39. The molecule has 0 fully saturated rings. The van der Waals surface area contributed by atoms with Crippen molar-refractivity contribution in [1.29, 1.82) is 0 Å². The molecular formula is C18H20Cl2N2O2S. The van der Waals surface area contributed by atoms with Crippen LogP contribution in [0.5, 0.6) is 0 Å². The number of halogens is 2.